The molecular formula is C12H17NO. The smallest absolute Gasteiger partial charge is 0.122 e. The molecule has 1 atom stereocenters. The molecule has 0 radical (unpaired) electrons. The first kappa shape index (κ1) is 9.53. The summed E-state index contributed by atoms with van der Waals surface area (Å²) in [7, 11) is 2.14. The summed E-state index contributed by atoms with van der Waals surface area (Å²) in [6, 6.07) is 8.21. The Morgan fingerprint density at radius 3 is 2.79 bits per heavy atom. The third kappa shape index (κ3) is 2.07. The van der Waals surface area contributed by atoms with E-state index >= 15 is 0 Å². The predicted molar refractivity (Wildman–Crippen MR) is 57.7 cm³/mol. The molecule has 0 aromatic heterocycles. The van der Waals surface area contributed by atoms with Crippen molar-refractivity contribution in [1.82, 2.24) is 4.90 Å². The Morgan fingerprint density at radius 2 is 2.14 bits per heavy atom. The molecule has 1 fully saturated rings. The second kappa shape index (κ2) is 4.01. The number of likely N-dealkylation sites (tertiary alicyclic amines) is 1. The molecule has 0 unspecified atom stereocenters. The number of nitrogens with zero attached hydrogens (tertiary/aromatic N) is 1. The van der Waals surface area contributed by atoms with Gasteiger partial charge in [-0.1, -0.05) is 18.2 Å². The van der Waals surface area contributed by atoms with Crippen molar-refractivity contribution in [3.8, 4) is 5.75 Å². The van der Waals surface area contributed by atoms with Gasteiger partial charge in [-0.25, -0.2) is 0 Å². The molecule has 1 heterocycles. The van der Waals surface area contributed by atoms with E-state index in [4.69, 9.17) is 4.74 Å². The summed E-state index contributed by atoms with van der Waals surface area (Å²) in [5, 5.41) is 0. The fourth-order valence-electron chi connectivity index (χ4n) is 1.86. The zero-order chi connectivity index (χ0) is 9.97. The Morgan fingerprint density at radius 1 is 1.36 bits per heavy atom. The van der Waals surface area contributed by atoms with E-state index in [0.717, 1.165) is 25.3 Å². The SMILES string of the molecule is Cc1ccccc1O[C@H]1CCN(C)C1. The lowest BCUT2D eigenvalue weighted by molar-refractivity contribution is 0.207. The summed E-state index contributed by atoms with van der Waals surface area (Å²) < 4.78 is 5.93. The molecule has 0 saturated carbocycles. The predicted octanol–water partition coefficient (Wildman–Crippen LogP) is 2.08. The van der Waals surface area contributed by atoms with Crippen LogP contribution in [0.1, 0.15) is 12.0 Å². The van der Waals surface area contributed by atoms with Crippen LogP contribution in [-0.4, -0.2) is 31.1 Å². The molecule has 0 bridgehead atoms. The molecule has 76 valence electrons. The van der Waals surface area contributed by atoms with Crippen LogP contribution in [-0.2, 0) is 0 Å². The molecule has 0 N–H and O–H groups in total. The maximum Gasteiger partial charge on any atom is 0.122 e. The summed E-state index contributed by atoms with van der Waals surface area (Å²) in [6.07, 6.45) is 1.52. The zero-order valence-corrected chi connectivity index (χ0v) is 8.86. The quantitative estimate of drug-likeness (QED) is 0.709. The van der Waals surface area contributed by atoms with Gasteiger partial charge < -0.3 is 9.64 Å². The van der Waals surface area contributed by atoms with Gasteiger partial charge in [0.15, 0.2) is 0 Å². The number of aryl methyl sites for hydroxylation is 1. The molecule has 2 heteroatoms. The van der Waals surface area contributed by atoms with Crippen molar-refractivity contribution in [2.75, 3.05) is 20.1 Å². The standard InChI is InChI=1S/C12H17NO/c1-10-5-3-4-6-12(10)14-11-7-8-13(2)9-11/h3-6,11H,7-9H2,1-2H3/t11-/m0/s1. The number of likely N-dealkylation sites (N-methyl/N-ethyl adjacent to an activating group) is 1. The largest absolute Gasteiger partial charge is 0.489 e. The highest BCUT2D eigenvalue weighted by Gasteiger charge is 2.21. The maximum atomic E-state index is 5.93. The topological polar surface area (TPSA) is 12.5 Å². The molecule has 1 aliphatic heterocycles. The van der Waals surface area contributed by atoms with Crippen molar-refractivity contribution >= 4 is 0 Å². The van der Waals surface area contributed by atoms with E-state index in [1.165, 1.54) is 5.56 Å². The van der Waals surface area contributed by atoms with Gasteiger partial charge in [0, 0.05) is 13.1 Å². The van der Waals surface area contributed by atoms with Gasteiger partial charge >= 0.3 is 0 Å². The van der Waals surface area contributed by atoms with Gasteiger partial charge in [-0.3, -0.25) is 0 Å². The number of rotatable bonds is 2. The van der Waals surface area contributed by atoms with Crippen LogP contribution in [0, 0.1) is 6.92 Å². The molecule has 14 heavy (non-hydrogen) atoms. The average molecular weight is 191 g/mol. The normalized spacial score (nSPS) is 22.6. The lowest BCUT2D eigenvalue weighted by Crippen LogP contribution is -2.21. The molecule has 2 rings (SSSR count). The van der Waals surface area contributed by atoms with Crippen LogP contribution in [0.25, 0.3) is 0 Å². The Balaban J connectivity index is 2.01. The monoisotopic (exact) mass is 191 g/mol. The Hall–Kier alpha value is -1.02. The molecule has 0 aliphatic carbocycles. The highest BCUT2D eigenvalue weighted by atomic mass is 16.5. The number of hydrogen-bond acceptors (Lipinski definition) is 2. The van der Waals surface area contributed by atoms with Crippen molar-refractivity contribution in [2.24, 2.45) is 0 Å². The van der Waals surface area contributed by atoms with Crippen LogP contribution < -0.4 is 4.74 Å². The highest BCUT2D eigenvalue weighted by molar-refractivity contribution is 5.32. The maximum absolute atomic E-state index is 5.93. The van der Waals surface area contributed by atoms with Crippen LogP contribution in [0.2, 0.25) is 0 Å². The number of benzene rings is 1. The average Bonchev–Trinajstić information content (AvgIpc) is 2.56. The Labute approximate surface area is 85.5 Å². The van der Waals surface area contributed by atoms with Crippen molar-refractivity contribution in [3.63, 3.8) is 0 Å². The first-order chi connectivity index (χ1) is 6.75. The van der Waals surface area contributed by atoms with Crippen LogP contribution in [0.15, 0.2) is 24.3 Å². The van der Waals surface area contributed by atoms with E-state index in [9.17, 15) is 0 Å². The summed E-state index contributed by atoms with van der Waals surface area (Å²) in [4.78, 5) is 2.31. The summed E-state index contributed by atoms with van der Waals surface area (Å²) >= 11 is 0. The van der Waals surface area contributed by atoms with E-state index in [1.54, 1.807) is 0 Å². The first-order valence-electron chi connectivity index (χ1n) is 5.16. The Kier molecular flexibility index (Phi) is 2.73. The third-order valence-corrected chi connectivity index (χ3v) is 2.74. The van der Waals surface area contributed by atoms with Gasteiger partial charge in [-0.05, 0) is 32.0 Å². The molecule has 2 nitrogen and oxygen atoms in total. The minimum Gasteiger partial charge on any atom is -0.489 e. The van der Waals surface area contributed by atoms with Gasteiger partial charge in [0.05, 0.1) is 0 Å². The van der Waals surface area contributed by atoms with Crippen molar-refractivity contribution < 1.29 is 4.74 Å². The van der Waals surface area contributed by atoms with Gasteiger partial charge in [-0.15, -0.1) is 0 Å². The molecule has 1 saturated heterocycles. The molecule has 1 aromatic rings. The van der Waals surface area contributed by atoms with Crippen molar-refractivity contribution in [3.05, 3.63) is 29.8 Å². The molecular weight excluding hydrogens is 174 g/mol. The minimum absolute atomic E-state index is 0.376. The molecule has 1 aliphatic rings. The summed E-state index contributed by atoms with van der Waals surface area (Å²) in [5.74, 6) is 1.04. The first-order valence-corrected chi connectivity index (χ1v) is 5.16. The molecule has 0 amide bonds. The number of ether oxygens (including phenoxy) is 1. The van der Waals surface area contributed by atoms with E-state index in [-0.39, 0.29) is 0 Å². The molecule has 1 aromatic carbocycles. The van der Waals surface area contributed by atoms with Gasteiger partial charge in [0.25, 0.3) is 0 Å². The second-order valence-electron chi connectivity index (χ2n) is 4.06. The van der Waals surface area contributed by atoms with Gasteiger partial charge in [0.2, 0.25) is 0 Å². The lowest BCUT2D eigenvalue weighted by Gasteiger charge is -2.15. The summed E-state index contributed by atoms with van der Waals surface area (Å²) in [5.41, 5.74) is 1.22. The van der Waals surface area contributed by atoms with E-state index < -0.39 is 0 Å². The lowest BCUT2D eigenvalue weighted by atomic mass is 10.2. The van der Waals surface area contributed by atoms with Gasteiger partial charge in [-0.2, -0.15) is 0 Å². The third-order valence-electron chi connectivity index (χ3n) is 2.74. The summed E-state index contributed by atoms with van der Waals surface area (Å²) in [6.45, 7) is 4.29. The van der Waals surface area contributed by atoms with E-state index in [2.05, 4.69) is 24.9 Å². The van der Waals surface area contributed by atoms with Crippen LogP contribution in [0.5, 0.6) is 5.75 Å². The minimum atomic E-state index is 0.376. The van der Waals surface area contributed by atoms with E-state index in [0.29, 0.717) is 6.10 Å². The van der Waals surface area contributed by atoms with Crippen molar-refractivity contribution in [1.29, 1.82) is 0 Å². The van der Waals surface area contributed by atoms with Crippen LogP contribution >= 0.6 is 0 Å². The highest BCUT2D eigenvalue weighted by Crippen LogP contribution is 2.21. The second-order valence-corrected chi connectivity index (χ2v) is 4.06. The number of para-hydroxylation sites is 1. The van der Waals surface area contributed by atoms with E-state index in [1.807, 2.05) is 18.2 Å². The number of hydrogen-bond donors (Lipinski definition) is 0. The fourth-order valence-corrected chi connectivity index (χ4v) is 1.86. The fraction of sp³-hybridized carbons (Fsp3) is 0.500. The molecule has 0 spiro atoms. The van der Waals surface area contributed by atoms with Crippen molar-refractivity contribution in [2.45, 2.75) is 19.4 Å². The Bertz CT molecular complexity index is 311. The zero-order valence-electron chi connectivity index (χ0n) is 8.86. The van der Waals surface area contributed by atoms with Crippen LogP contribution in [0.3, 0.4) is 0 Å². The van der Waals surface area contributed by atoms with Gasteiger partial charge in [0.1, 0.15) is 11.9 Å². The van der Waals surface area contributed by atoms with Crippen LogP contribution in [0.4, 0.5) is 0 Å².